The number of allylic oxidation sites excluding steroid dienone is 4. The monoisotopic (exact) mass is 697 g/mol. The Labute approximate surface area is 274 Å². The summed E-state index contributed by atoms with van der Waals surface area (Å²) in [5, 5.41) is 2.92. The Bertz CT molecular complexity index is 1260. The van der Waals surface area contributed by atoms with Gasteiger partial charge in [0.15, 0.2) is 0 Å². The molecule has 4 aromatic rings. The van der Waals surface area contributed by atoms with Gasteiger partial charge in [-0.2, -0.15) is 0 Å². The van der Waals surface area contributed by atoms with E-state index in [-0.39, 0.29) is 35.3 Å². The molecule has 1 aliphatic rings. The Morgan fingerprint density at radius 3 is 1.14 bits per heavy atom. The Balaban J connectivity index is 0.000000488. The van der Waals surface area contributed by atoms with Crippen LogP contribution in [0.15, 0.2) is 133 Å². The second kappa shape index (κ2) is 20.4. The maximum Gasteiger partial charge on any atom is 0.122 e. The van der Waals surface area contributed by atoms with Gasteiger partial charge in [-0.3, -0.25) is 0 Å². The standard InChI is InChI=1S/C30H32O2P2.C8H12.Rh/c1-31-29-19-11-9-13-25(29)23-33(27-15-5-3-6-16-27)21-22-34(28-17-7-4-8-18-28)24-26-14-10-12-20-30(26)32-2;1-2-4-6-8-7-5-3-1;/h3-20H,21-24H2,1-2H3;1-2,7-8H,3-6H2;. The maximum atomic E-state index is 5.68. The van der Waals surface area contributed by atoms with Crippen molar-refractivity contribution >= 4 is 26.5 Å². The summed E-state index contributed by atoms with van der Waals surface area (Å²) in [6.45, 7) is 0. The summed E-state index contributed by atoms with van der Waals surface area (Å²) in [4.78, 5) is 0. The van der Waals surface area contributed by atoms with Crippen LogP contribution in [0.5, 0.6) is 11.5 Å². The molecule has 43 heavy (non-hydrogen) atoms. The molecule has 2 nitrogen and oxygen atoms in total. The number of benzene rings is 4. The Hall–Kier alpha value is -2.56. The summed E-state index contributed by atoms with van der Waals surface area (Å²) in [5.74, 6) is 1.98. The van der Waals surface area contributed by atoms with Gasteiger partial charge in [0, 0.05) is 31.8 Å². The van der Waals surface area contributed by atoms with Crippen LogP contribution in [0, 0.1) is 0 Å². The first-order valence-corrected chi connectivity index (χ1v) is 18.3. The van der Waals surface area contributed by atoms with Gasteiger partial charge in [0.05, 0.1) is 14.2 Å². The molecule has 0 aliphatic heterocycles. The van der Waals surface area contributed by atoms with Gasteiger partial charge in [-0.1, -0.05) is 137 Å². The van der Waals surface area contributed by atoms with Gasteiger partial charge in [0.25, 0.3) is 0 Å². The molecule has 2 atom stereocenters. The normalized spacial score (nSPS) is 13.7. The SMILES string of the molecule is C1=CCCC=CCC1.COc1ccccc1CP(CCP(Cc1ccccc1OC)c1ccccc1)c1ccccc1.[Rh]. The molecular weight excluding hydrogens is 653 g/mol. The largest absolute Gasteiger partial charge is 0.496 e. The van der Waals surface area contributed by atoms with E-state index in [0.29, 0.717) is 0 Å². The number of hydrogen-bond donors (Lipinski definition) is 0. The average molecular weight is 698 g/mol. The molecule has 0 N–H and O–H groups in total. The number of para-hydroxylation sites is 2. The van der Waals surface area contributed by atoms with E-state index >= 15 is 0 Å². The van der Waals surface area contributed by atoms with Gasteiger partial charge in [-0.05, 0) is 71.9 Å². The Morgan fingerprint density at radius 1 is 0.465 bits per heavy atom. The van der Waals surface area contributed by atoms with Crippen molar-refractivity contribution in [3.8, 4) is 11.5 Å². The van der Waals surface area contributed by atoms with Gasteiger partial charge >= 0.3 is 0 Å². The minimum Gasteiger partial charge on any atom is -0.496 e. The molecule has 0 fully saturated rings. The summed E-state index contributed by atoms with van der Waals surface area (Å²) < 4.78 is 11.4. The van der Waals surface area contributed by atoms with E-state index in [1.54, 1.807) is 14.2 Å². The molecular formula is C38H44O2P2Rh. The van der Waals surface area contributed by atoms with E-state index in [4.69, 9.17) is 9.47 Å². The average Bonchev–Trinajstić information content (AvgIpc) is 3.03. The first-order chi connectivity index (χ1) is 20.8. The first kappa shape index (κ1) is 34.9. The topological polar surface area (TPSA) is 18.5 Å². The summed E-state index contributed by atoms with van der Waals surface area (Å²) >= 11 is 0. The van der Waals surface area contributed by atoms with Crippen LogP contribution in [0.3, 0.4) is 0 Å². The van der Waals surface area contributed by atoms with Crippen molar-refractivity contribution in [2.75, 3.05) is 26.5 Å². The van der Waals surface area contributed by atoms with Crippen LogP contribution in [-0.4, -0.2) is 26.5 Å². The fourth-order valence-corrected chi connectivity index (χ4v) is 10.7. The van der Waals surface area contributed by atoms with E-state index < -0.39 is 0 Å². The summed E-state index contributed by atoms with van der Waals surface area (Å²) in [6, 6.07) is 39.0. The zero-order valence-corrected chi connectivity index (χ0v) is 28.8. The van der Waals surface area contributed by atoms with Crippen LogP contribution >= 0.6 is 15.8 Å². The predicted molar refractivity (Wildman–Crippen MR) is 186 cm³/mol. The number of hydrogen-bond acceptors (Lipinski definition) is 2. The zero-order chi connectivity index (χ0) is 29.2. The van der Waals surface area contributed by atoms with E-state index in [2.05, 4.69) is 133 Å². The molecule has 1 radical (unpaired) electrons. The van der Waals surface area contributed by atoms with E-state index in [0.717, 1.165) is 23.8 Å². The van der Waals surface area contributed by atoms with Gasteiger partial charge < -0.3 is 9.47 Å². The second-order valence-electron chi connectivity index (χ2n) is 10.2. The molecule has 1 aliphatic carbocycles. The third kappa shape index (κ3) is 11.8. The number of methoxy groups -OCH3 is 2. The molecule has 0 heterocycles. The molecule has 0 amide bonds. The maximum absolute atomic E-state index is 5.68. The fourth-order valence-electron chi connectivity index (χ4n) is 5.05. The van der Waals surface area contributed by atoms with Crippen molar-refractivity contribution in [1.82, 2.24) is 0 Å². The van der Waals surface area contributed by atoms with Crippen LogP contribution in [-0.2, 0) is 31.8 Å². The molecule has 0 saturated heterocycles. The third-order valence-corrected chi connectivity index (χ3v) is 12.7. The van der Waals surface area contributed by atoms with Crippen LogP contribution in [0.25, 0.3) is 0 Å². The molecule has 0 bridgehead atoms. The predicted octanol–water partition coefficient (Wildman–Crippen LogP) is 9.69. The van der Waals surface area contributed by atoms with E-state index in [1.807, 2.05) is 0 Å². The van der Waals surface area contributed by atoms with Crippen molar-refractivity contribution in [3.63, 3.8) is 0 Å². The second-order valence-corrected chi connectivity index (χ2v) is 15.0. The van der Waals surface area contributed by atoms with Crippen LogP contribution in [0.2, 0.25) is 0 Å². The Kier molecular flexibility index (Phi) is 16.6. The minimum absolute atomic E-state index is 0. The molecule has 5 heteroatoms. The van der Waals surface area contributed by atoms with Crippen molar-refractivity contribution < 1.29 is 29.0 Å². The molecule has 2 unspecified atom stereocenters. The van der Waals surface area contributed by atoms with Crippen molar-refractivity contribution in [1.29, 1.82) is 0 Å². The van der Waals surface area contributed by atoms with Crippen LogP contribution in [0.1, 0.15) is 36.8 Å². The molecule has 0 saturated carbocycles. The van der Waals surface area contributed by atoms with E-state index in [1.165, 1.54) is 59.7 Å². The molecule has 4 aromatic carbocycles. The molecule has 227 valence electrons. The van der Waals surface area contributed by atoms with Gasteiger partial charge in [-0.15, -0.1) is 0 Å². The fraction of sp³-hybridized carbons (Fsp3) is 0.263. The summed E-state index contributed by atoms with van der Waals surface area (Å²) in [7, 11) is 2.82. The van der Waals surface area contributed by atoms with Crippen molar-refractivity contribution in [2.24, 2.45) is 0 Å². The van der Waals surface area contributed by atoms with Crippen LogP contribution < -0.4 is 20.1 Å². The third-order valence-electron chi connectivity index (χ3n) is 7.32. The quantitative estimate of drug-likeness (QED) is 0.0883. The molecule has 0 spiro atoms. The minimum atomic E-state index is -0.358. The number of ether oxygens (including phenoxy) is 2. The van der Waals surface area contributed by atoms with Gasteiger partial charge in [0.2, 0.25) is 0 Å². The zero-order valence-electron chi connectivity index (χ0n) is 25.4. The van der Waals surface area contributed by atoms with Crippen molar-refractivity contribution in [3.05, 3.63) is 145 Å². The summed E-state index contributed by atoms with van der Waals surface area (Å²) in [5.41, 5.74) is 2.60. The van der Waals surface area contributed by atoms with Gasteiger partial charge in [-0.25, -0.2) is 0 Å². The molecule has 0 aromatic heterocycles. The van der Waals surface area contributed by atoms with Crippen molar-refractivity contribution in [2.45, 2.75) is 38.0 Å². The summed E-state index contributed by atoms with van der Waals surface area (Å²) in [6.07, 6.45) is 18.5. The number of rotatable bonds is 11. The molecule has 5 rings (SSSR count). The van der Waals surface area contributed by atoms with Gasteiger partial charge in [0.1, 0.15) is 11.5 Å². The smallest absolute Gasteiger partial charge is 0.122 e. The van der Waals surface area contributed by atoms with Crippen LogP contribution in [0.4, 0.5) is 0 Å². The Morgan fingerprint density at radius 2 is 0.791 bits per heavy atom. The first-order valence-electron chi connectivity index (χ1n) is 14.9. The van der Waals surface area contributed by atoms with E-state index in [9.17, 15) is 0 Å².